The molecule has 2 aliphatic heterocycles. The van der Waals surface area contributed by atoms with Crippen LogP contribution in [-0.4, -0.2) is 64.3 Å². The van der Waals surface area contributed by atoms with Gasteiger partial charge < -0.3 is 25.0 Å². The number of rotatable bonds is 6. The van der Waals surface area contributed by atoms with Crippen molar-refractivity contribution in [2.24, 2.45) is 5.73 Å². The Kier molecular flexibility index (Phi) is 6.29. The molecular weight excluding hydrogens is 521 g/mol. The highest BCUT2D eigenvalue weighted by Gasteiger charge is 2.38. The minimum atomic E-state index is -1.35. The highest BCUT2D eigenvalue weighted by molar-refractivity contribution is 5.93. The number of hydrogen-bond acceptors (Lipinski definition) is 8. The second kappa shape index (κ2) is 9.70. The van der Waals surface area contributed by atoms with Crippen molar-refractivity contribution in [1.82, 2.24) is 9.55 Å². The van der Waals surface area contributed by atoms with E-state index in [0.717, 1.165) is 30.0 Å². The molecule has 1 aliphatic carbocycles. The van der Waals surface area contributed by atoms with Crippen LogP contribution in [0.2, 0.25) is 0 Å². The minimum absolute atomic E-state index is 0.0284. The summed E-state index contributed by atoms with van der Waals surface area (Å²) in [6, 6.07) is 5.90. The molecular formula is C28H28FN5O6. The number of nitrogens with two attached hydrogens (primary N) is 1. The number of ether oxygens (including phenoxy) is 1. The number of carbonyl (C=O) groups excluding carboxylic acids is 2. The fraction of sp³-hybridized carbons (Fsp3) is 0.393. The maximum Gasteiger partial charge on any atom is 0.414 e. The first-order valence-electron chi connectivity index (χ1n) is 13.2. The predicted molar refractivity (Wildman–Crippen MR) is 144 cm³/mol. The molecule has 0 spiro atoms. The monoisotopic (exact) mass is 549 g/mol. The Morgan fingerprint density at radius 2 is 1.88 bits per heavy atom. The van der Waals surface area contributed by atoms with E-state index in [1.165, 1.54) is 18.0 Å². The average Bonchev–Trinajstić information content (AvgIpc) is 3.72. The second-order valence-electron chi connectivity index (χ2n) is 10.6. The number of aromatic nitrogens is 2. The van der Waals surface area contributed by atoms with Gasteiger partial charge in [-0.25, -0.2) is 19.0 Å². The van der Waals surface area contributed by atoms with Crippen LogP contribution in [0, 0.1) is 5.82 Å². The summed E-state index contributed by atoms with van der Waals surface area (Å²) in [5.74, 6) is -2.18. The van der Waals surface area contributed by atoms with Gasteiger partial charge in [0, 0.05) is 31.0 Å². The summed E-state index contributed by atoms with van der Waals surface area (Å²) < 4.78 is 22.4. The van der Waals surface area contributed by atoms with E-state index >= 15 is 4.39 Å². The van der Waals surface area contributed by atoms with Crippen LogP contribution in [0.5, 0.6) is 0 Å². The van der Waals surface area contributed by atoms with Crippen LogP contribution in [-0.2, 0) is 22.4 Å². The van der Waals surface area contributed by atoms with E-state index in [0.29, 0.717) is 31.6 Å². The van der Waals surface area contributed by atoms with Gasteiger partial charge in [-0.3, -0.25) is 14.5 Å². The smallest absolute Gasteiger partial charge is 0.414 e. The van der Waals surface area contributed by atoms with Crippen LogP contribution >= 0.6 is 0 Å². The number of carbonyl (C=O) groups is 3. The molecule has 2 unspecified atom stereocenters. The van der Waals surface area contributed by atoms with Crippen LogP contribution in [0.15, 0.2) is 35.3 Å². The van der Waals surface area contributed by atoms with Crippen LogP contribution in [0.4, 0.5) is 20.7 Å². The molecule has 2 aromatic heterocycles. The van der Waals surface area contributed by atoms with E-state index in [1.54, 1.807) is 4.57 Å². The highest BCUT2D eigenvalue weighted by atomic mass is 19.1. The zero-order valence-electron chi connectivity index (χ0n) is 21.8. The van der Waals surface area contributed by atoms with Crippen molar-refractivity contribution in [2.75, 3.05) is 29.4 Å². The van der Waals surface area contributed by atoms with Crippen LogP contribution < -0.4 is 21.0 Å². The first kappa shape index (κ1) is 25.9. The molecule has 1 aromatic carbocycles. The molecule has 0 radical (unpaired) electrons. The number of ketones is 1. The number of carboxylic acid groups (broad SMARTS) is 1. The lowest BCUT2D eigenvalue weighted by atomic mass is 10.0. The van der Waals surface area contributed by atoms with Crippen molar-refractivity contribution in [3.05, 3.63) is 63.2 Å². The fourth-order valence-corrected chi connectivity index (χ4v) is 5.48. The van der Waals surface area contributed by atoms with Crippen LogP contribution in [0.3, 0.4) is 0 Å². The van der Waals surface area contributed by atoms with E-state index in [1.807, 2.05) is 23.1 Å². The van der Waals surface area contributed by atoms with Gasteiger partial charge in [0.15, 0.2) is 11.6 Å². The maximum atomic E-state index is 15.4. The summed E-state index contributed by atoms with van der Waals surface area (Å²) in [4.78, 5) is 56.4. The lowest BCUT2D eigenvalue weighted by molar-refractivity contribution is -0.120. The number of Topliss-reactive ketones (excluding diaryl/α,β-unsaturated/α-hetero) is 1. The highest BCUT2D eigenvalue weighted by Crippen LogP contribution is 2.37. The maximum absolute atomic E-state index is 15.4. The van der Waals surface area contributed by atoms with Crippen molar-refractivity contribution in [3.8, 4) is 0 Å². The summed E-state index contributed by atoms with van der Waals surface area (Å²) in [7, 11) is 0. The third-order valence-electron chi connectivity index (χ3n) is 7.92. The Morgan fingerprint density at radius 3 is 2.55 bits per heavy atom. The molecule has 6 rings (SSSR count). The third-order valence-corrected chi connectivity index (χ3v) is 7.92. The van der Waals surface area contributed by atoms with Gasteiger partial charge >= 0.3 is 12.1 Å². The van der Waals surface area contributed by atoms with Gasteiger partial charge in [-0.2, -0.15) is 0 Å². The van der Waals surface area contributed by atoms with E-state index < -0.39 is 41.0 Å². The third kappa shape index (κ3) is 4.47. The summed E-state index contributed by atoms with van der Waals surface area (Å²) >= 11 is 0. The first-order valence-corrected chi connectivity index (χ1v) is 13.2. The summed E-state index contributed by atoms with van der Waals surface area (Å²) in [5.41, 5.74) is 7.71. The zero-order valence-corrected chi connectivity index (χ0v) is 21.8. The van der Waals surface area contributed by atoms with Crippen LogP contribution in [0.1, 0.15) is 47.3 Å². The molecule has 40 heavy (non-hydrogen) atoms. The molecule has 3 aliphatic rings. The molecule has 2 atom stereocenters. The minimum Gasteiger partial charge on any atom is -0.477 e. The molecule has 2 fully saturated rings. The molecule has 11 nitrogen and oxygen atoms in total. The van der Waals surface area contributed by atoms with Crippen molar-refractivity contribution in [1.29, 1.82) is 0 Å². The number of anilines is 2. The van der Waals surface area contributed by atoms with E-state index in [9.17, 15) is 24.3 Å². The van der Waals surface area contributed by atoms with E-state index in [-0.39, 0.29) is 35.2 Å². The normalized spacial score (nSPS) is 19.8. The number of fused-ring (bicyclic) bond motifs is 2. The van der Waals surface area contributed by atoms with Crippen LogP contribution in [0.25, 0.3) is 11.0 Å². The number of hydrogen-bond donors (Lipinski definition) is 2. The topological polar surface area (TPSA) is 148 Å². The fourth-order valence-electron chi connectivity index (χ4n) is 5.48. The molecule has 3 aromatic rings. The Bertz CT molecular complexity index is 1630. The predicted octanol–water partition coefficient (Wildman–Crippen LogP) is 2.42. The second-order valence-corrected chi connectivity index (χ2v) is 10.6. The Labute approximate surface area is 227 Å². The van der Waals surface area contributed by atoms with Gasteiger partial charge in [-0.15, -0.1) is 0 Å². The van der Waals surface area contributed by atoms with Crippen molar-refractivity contribution >= 4 is 40.4 Å². The molecule has 1 saturated carbocycles. The Balaban J connectivity index is 1.28. The quantitative estimate of drug-likeness (QED) is 0.473. The number of nitrogens with zero attached hydrogens (tertiary/aromatic N) is 4. The Hall–Kier alpha value is -4.32. The van der Waals surface area contributed by atoms with Gasteiger partial charge in [-0.1, -0.05) is 6.07 Å². The van der Waals surface area contributed by atoms with Crippen molar-refractivity contribution < 1.29 is 28.6 Å². The number of benzene rings is 1. The van der Waals surface area contributed by atoms with Gasteiger partial charge in [0.25, 0.3) is 0 Å². The van der Waals surface area contributed by atoms with E-state index in [2.05, 4.69) is 4.98 Å². The largest absolute Gasteiger partial charge is 0.477 e. The molecule has 4 heterocycles. The van der Waals surface area contributed by atoms with Crippen molar-refractivity contribution in [3.63, 3.8) is 0 Å². The molecule has 3 N–H and O–H groups in total. The summed E-state index contributed by atoms with van der Waals surface area (Å²) in [6.07, 6.45) is 2.85. The summed E-state index contributed by atoms with van der Waals surface area (Å²) in [5, 5.41) is 9.43. The van der Waals surface area contributed by atoms with E-state index in [4.69, 9.17) is 10.5 Å². The number of pyridine rings is 2. The molecule has 1 amide bonds. The lowest BCUT2D eigenvalue weighted by Gasteiger charge is -2.23. The molecule has 208 valence electrons. The average molecular weight is 550 g/mol. The van der Waals surface area contributed by atoms with Gasteiger partial charge in [0.2, 0.25) is 5.43 Å². The zero-order chi connectivity index (χ0) is 28.3. The van der Waals surface area contributed by atoms with Gasteiger partial charge in [0.05, 0.1) is 11.9 Å². The number of amides is 1. The standard InChI is InChI=1S/C28H28FN5O6/c1-14(35)23(30)22-13-34(28(39)40-22)18-3-2-15-6-8-32(9-7-16(15)10-18)26-21(29)11-19-24(36)20(27(37)38)12-33(17-4-5-17)25(19)31-26/h2-3,10-12,17,22-23H,4-9,13,30H2,1H3,(H,37,38). The summed E-state index contributed by atoms with van der Waals surface area (Å²) in [6.45, 7) is 2.45. The van der Waals surface area contributed by atoms with Crippen molar-refractivity contribution in [2.45, 2.75) is 50.8 Å². The molecule has 0 bridgehead atoms. The number of halogens is 1. The molecule has 1 saturated heterocycles. The first-order chi connectivity index (χ1) is 19.1. The number of cyclic esters (lactones) is 1. The number of aromatic carboxylic acids is 1. The SMILES string of the molecule is CC(=O)C(N)C1CN(c2ccc3c(c2)CCN(c2nc4c(cc2F)c(=O)c(C(=O)O)cn4C2CC2)CC3)C(=O)O1. The van der Waals surface area contributed by atoms with Gasteiger partial charge in [-0.05, 0) is 61.9 Å². The van der Waals surface area contributed by atoms with Gasteiger partial charge in [0.1, 0.15) is 29.1 Å². The Morgan fingerprint density at radius 1 is 1.15 bits per heavy atom. The molecule has 12 heteroatoms. The number of carboxylic acids is 1. The lowest BCUT2D eigenvalue weighted by Crippen LogP contribution is -2.43.